The molecule has 0 saturated carbocycles. The normalized spacial score (nSPS) is 16.4. The van der Waals surface area contributed by atoms with E-state index in [4.69, 9.17) is 31.1 Å². The fourth-order valence-corrected chi connectivity index (χ4v) is 1.99. The third-order valence-electron chi connectivity index (χ3n) is 2.68. The van der Waals surface area contributed by atoms with Crippen molar-refractivity contribution in [1.29, 1.82) is 5.26 Å². The van der Waals surface area contributed by atoms with Gasteiger partial charge in [-0.15, -0.1) is 0 Å². The molecule has 1 aromatic carbocycles. The van der Waals surface area contributed by atoms with Gasteiger partial charge in [-0.3, -0.25) is 0 Å². The third kappa shape index (κ3) is 3.57. The van der Waals surface area contributed by atoms with E-state index in [-0.39, 0.29) is 12.2 Å². The molecule has 1 aliphatic heterocycles. The highest BCUT2D eigenvalue weighted by molar-refractivity contribution is 6.30. The van der Waals surface area contributed by atoms with Crippen LogP contribution in [-0.4, -0.2) is 24.3 Å². The standard InChI is InChI=1S/C15H12ClNO5/c1-15(2)21-13(18)11(14(19)22-15)8-9-7-10(16)3-4-12(9)20-6-5-17/h3-4,7-8H,6H2,1-2H3. The Morgan fingerprint density at radius 3 is 2.55 bits per heavy atom. The Balaban J connectivity index is 2.40. The van der Waals surface area contributed by atoms with Crippen molar-refractivity contribution >= 4 is 29.6 Å². The van der Waals surface area contributed by atoms with Crippen molar-refractivity contribution in [2.75, 3.05) is 6.61 Å². The topological polar surface area (TPSA) is 85.6 Å². The zero-order valence-electron chi connectivity index (χ0n) is 11.9. The Morgan fingerprint density at radius 1 is 1.32 bits per heavy atom. The zero-order chi connectivity index (χ0) is 16.3. The molecule has 0 unspecified atom stereocenters. The summed E-state index contributed by atoms with van der Waals surface area (Å²) < 4.78 is 15.2. The van der Waals surface area contributed by atoms with E-state index in [2.05, 4.69) is 0 Å². The molecule has 0 amide bonds. The number of nitrogens with zero attached hydrogens (tertiary/aromatic N) is 1. The van der Waals surface area contributed by atoms with Crippen LogP contribution in [0.3, 0.4) is 0 Å². The number of nitriles is 1. The molecule has 0 atom stereocenters. The quantitative estimate of drug-likeness (QED) is 0.483. The second kappa shape index (κ2) is 6.08. The molecule has 7 heteroatoms. The van der Waals surface area contributed by atoms with Gasteiger partial charge in [-0.1, -0.05) is 11.6 Å². The van der Waals surface area contributed by atoms with Gasteiger partial charge in [0.15, 0.2) is 6.61 Å². The summed E-state index contributed by atoms with van der Waals surface area (Å²) in [5.41, 5.74) is 0.0924. The van der Waals surface area contributed by atoms with Crippen molar-refractivity contribution < 1.29 is 23.8 Å². The van der Waals surface area contributed by atoms with E-state index >= 15 is 0 Å². The van der Waals surface area contributed by atoms with Crippen LogP contribution in [0.2, 0.25) is 5.02 Å². The van der Waals surface area contributed by atoms with Gasteiger partial charge in [0.2, 0.25) is 0 Å². The molecule has 0 bridgehead atoms. The maximum atomic E-state index is 11.9. The summed E-state index contributed by atoms with van der Waals surface area (Å²) in [7, 11) is 0. The van der Waals surface area contributed by atoms with Crippen LogP contribution in [0.4, 0.5) is 0 Å². The molecule has 1 heterocycles. The molecule has 6 nitrogen and oxygen atoms in total. The van der Waals surface area contributed by atoms with Crippen molar-refractivity contribution in [3.8, 4) is 11.8 Å². The minimum atomic E-state index is -1.31. The molecule has 1 saturated heterocycles. The molecule has 0 N–H and O–H groups in total. The maximum Gasteiger partial charge on any atom is 0.348 e. The van der Waals surface area contributed by atoms with E-state index in [1.165, 1.54) is 32.1 Å². The van der Waals surface area contributed by atoms with Crippen molar-refractivity contribution in [1.82, 2.24) is 0 Å². The Morgan fingerprint density at radius 2 is 1.95 bits per heavy atom. The highest BCUT2D eigenvalue weighted by Gasteiger charge is 2.39. The van der Waals surface area contributed by atoms with Crippen LogP contribution in [0.1, 0.15) is 19.4 Å². The molecule has 114 valence electrons. The molecule has 1 fully saturated rings. The molecular formula is C15H12ClNO5. The molecule has 0 radical (unpaired) electrons. The number of benzene rings is 1. The largest absolute Gasteiger partial charge is 0.478 e. The summed E-state index contributed by atoms with van der Waals surface area (Å²) in [5.74, 6) is -2.59. The minimum absolute atomic E-state index is 0.181. The Hall–Kier alpha value is -2.52. The van der Waals surface area contributed by atoms with Gasteiger partial charge in [0.25, 0.3) is 5.79 Å². The number of halogens is 1. The van der Waals surface area contributed by atoms with Crippen LogP contribution in [0.5, 0.6) is 5.75 Å². The molecule has 1 aromatic rings. The van der Waals surface area contributed by atoms with Crippen LogP contribution in [0, 0.1) is 11.3 Å². The van der Waals surface area contributed by atoms with E-state index in [1.54, 1.807) is 6.07 Å². The Kier molecular flexibility index (Phi) is 4.38. The number of rotatable bonds is 3. The first-order chi connectivity index (χ1) is 10.3. The molecule has 0 spiro atoms. The lowest BCUT2D eigenvalue weighted by molar-refractivity contribution is -0.222. The number of hydrogen-bond donors (Lipinski definition) is 0. The fourth-order valence-electron chi connectivity index (χ4n) is 1.81. The summed E-state index contributed by atoms with van der Waals surface area (Å²) in [6.45, 7) is 2.74. The number of esters is 2. The molecular weight excluding hydrogens is 310 g/mol. The fraction of sp³-hybridized carbons (Fsp3) is 0.267. The molecule has 1 aliphatic rings. The lowest BCUT2D eigenvalue weighted by Gasteiger charge is -2.29. The first-order valence-corrected chi connectivity index (χ1v) is 6.68. The van der Waals surface area contributed by atoms with Gasteiger partial charge in [-0.25, -0.2) is 9.59 Å². The van der Waals surface area contributed by atoms with Gasteiger partial charge in [-0.05, 0) is 24.3 Å². The average molecular weight is 322 g/mol. The van der Waals surface area contributed by atoms with Crippen LogP contribution in [-0.2, 0) is 19.1 Å². The summed E-state index contributed by atoms with van der Waals surface area (Å²) >= 11 is 5.90. The van der Waals surface area contributed by atoms with Crippen molar-refractivity contribution in [3.05, 3.63) is 34.4 Å². The Labute approximate surface area is 131 Å². The molecule has 0 aromatic heterocycles. The summed E-state index contributed by atoms with van der Waals surface area (Å²) in [5, 5.41) is 8.95. The van der Waals surface area contributed by atoms with Crippen molar-refractivity contribution in [3.63, 3.8) is 0 Å². The van der Waals surface area contributed by atoms with E-state index < -0.39 is 17.7 Å². The highest BCUT2D eigenvalue weighted by Crippen LogP contribution is 2.29. The first-order valence-electron chi connectivity index (χ1n) is 6.30. The van der Waals surface area contributed by atoms with Gasteiger partial charge < -0.3 is 14.2 Å². The molecule has 2 rings (SSSR count). The van der Waals surface area contributed by atoms with Crippen LogP contribution < -0.4 is 4.74 Å². The zero-order valence-corrected chi connectivity index (χ0v) is 12.6. The predicted octanol–water partition coefficient (Wildman–Crippen LogP) is 2.46. The molecule has 0 aliphatic carbocycles. The number of cyclic esters (lactones) is 2. The summed E-state index contributed by atoms with van der Waals surface area (Å²) in [4.78, 5) is 23.8. The van der Waals surface area contributed by atoms with E-state index in [1.807, 2.05) is 6.07 Å². The molecule has 22 heavy (non-hydrogen) atoms. The van der Waals surface area contributed by atoms with Gasteiger partial charge in [-0.2, -0.15) is 5.26 Å². The third-order valence-corrected chi connectivity index (χ3v) is 2.92. The SMILES string of the molecule is CC1(C)OC(=O)C(=Cc2cc(Cl)ccc2OCC#N)C(=O)O1. The van der Waals surface area contributed by atoms with E-state index in [9.17, 15) is 9.59 Å². The van der Waals surface area contributed by atoms with Gasteiger partial charge in [0.05, 0.1) is 0 Å². The number of ether oxygens (including phenoxy) is 3. The number of carbonyl (C=O) groups is 2. The van der Waals surface area contributed by atoms with Gasteiger partial charge >= 0.3 is 11.9 Å². The van der Waals surface area contributed by atoms with E-state index in [0.29, 0.717) is 16.3 Å². The minimum Gasteiger partial charge on any atom is -0.478 e. The second-order valence-electron chi connectivity index (χ2n) is 4.87. The van der Waals surface area contributed by atoms with Gasteiger partial charge in [0, 0.05) is 24.4 Å². The lowest BCUT2D eigenvalue weighted by Crippen LogP contribution is -2.41. The van der Waals surface area contributed by atoms with Gasteiger partial charge in [0.1, 0.15) is 17.4 Å². The summed E-state index contributed by atoms with van der Waals surface area (Å²) in [6.07, 6.45) is 1.26. The van der Waals surface area contributed by atoms with Crippen molar-refractivity contribution in [2.24, 2.45) is 0 Å². The maximum absolute atomic E-state index is 11.9. The van der Waals surface area contributed by atoms with Crippen LogP contribution in [0.15, 0.2) is 23.8 Å². The van der Waals surface area contributed by atoms with Crippen LogP contribution >= 0.6 is 11.6 Å². The lowest BCUT2D eigenvalue weighted by atomic mass is 10.1. The second-order valence-corrected chi connectivity index (χ2v) is 5.30. The predicted molar refractivity (Wildman–Crippen MR) is 76.8 cm³/mol. The monoisotopic (exact) mass is 321 g/mol. The Bertz CT molecular complexity index is 680. The number of hydrogen-bond acceptors (Lipinski definition) is 6. The highest BCUT2D eigenvalue weighted by atomic mass is 35.5. The van der Waals surface area contributed by atoms with E-state index in [0.717, 1.165) is 0 Å². The number of carbonyl (C=O) groups excluding carboxylic acids is 2. The van der Waals surface area contributed by atoms with Crippen molar-refractivity contribution in [2.45, 2.75) is 19.6 Å². The first kappa shape index (κ1) is 15.9. The van der Waals surface area contributed by atoms with Crippen LogP contribution in [0.25, 0.3) is 6.08 Å². The smallest absolute Gasteiger partial charge is 0.348 e. The average Bonchev–Trinajstić information content (AvgIpc) is 2.41. The summed E-state index contributed by atoms with van der Waals surface area (Å²) in [6, 6.07) is 6.44.